The molecule has 2 N–H and O–H groups in total. The van der Waals surface area contributed by atoms with Crippen LogP contribution in [0.3, 0.4) is 0 Å². The van der Waals surface area contributed by atoms with Gasteiger partial charge in [0.25, 0.3) is 0 Å². The first kappa shape index (κ1) is 16.4. The molecule has 134 valence electrons. The van der Waals surface area contributed by atoms with Gasteiger partial charge in [-0.25, -0.2) is 0 Å². The van der Waals surface area contributed by atoms with Gasteiger partial charge in [0.1, 0.15) is 0 Å². The van der Waals surface area contributed by atoms with E-state index in [0.29, 0.717) is 16.4 Å². The Bertz CT molecular complexity index is 787. The second-order valence-corrected chi connectivity index (χ2v) is 10.1. The molecule has 0 radical (unpaired) electrons. The highest BCUT2D eigenvalue weighted by atomic mass is 32.2. The average Bonchev–Trinajstić information content (AvgIpc) is 2.97. The molecule has 4 fully saturated rings. The Hall–Kier alpha value is -1.73. The van der Waals surface area contributed by atoms with Crippen LogP contribution in [0, 0.1) is 34.5 Å². The van der Waals surface area contributed by atoms with Crippen LogP contribution in [-0.2, 0) is 4.79 Å². The van der Waals surface area contributed by atoms with Crippen LogP contribution < -0.4 is 5.73 Å². The Balaban J connectivity index is 1.51. The molecule has 4 aliphatic carbocycles. The molecule has 0 amide bonds. The van der Waals surface area contributed by atoms with Crippen molar-refractivity contribution in [2.24, 2.45) is 28.9 Å². The molecule has 1 aliphatic heterocycles. The Morgan fingerprint density at radius 2 is 1.65 bits per heavy atom. The van der Waals surface area contributed by atoms with Crippen molar-refractivity contribution in [2.45, 2.75) is 49.7 Å². The van der Waals surface area contributed by atoms with E-state index in [0.717, 1.165) is 42.6 Å². The largest absolute Gasteiger partial charge is 0.393 e. The number of carbonyl (C=O) groups excluding carboxylic acids is 1. The van der Waals surface area contributed by atoms with Crippen LogP contribution in [-0.4, -0.2) is 11.0 Å². The molecule has 3 nitrogen and oxygen atoms in total. The highest BCUT2D eigenvalue weighted by molar-refractivity contribution is 8.04. The molecule has 4 saturated carbocycles. The van der Waals surface area contributed by atoms with Gasteiger partial charge in [0.05, 0.1) is 21.9 Å². The van der Waals surface area contributed by atoms with E-state index < -0.39 is 0 Å². The Morgan fingerprint density at radius 1 is 1.08 bits per heavy atom. The van der Waals surface area contributed by atoms with Gasteiger partial charge in [-0.05, 0) is 61.8 Å². The second-order valence-electron chi connectivity index (χ2n) is 8.88. The molecule has 0 aromatic heterocycles. The average molecular weight is 365 g/mol. The van der Waals surface area contributed by atoms with E-state index in [1.54, 1.807) is 0 Å². The van der Waals surface area contributed by atoms with Crippen LogP contribution in [0.25, 0.3) is 0 Å². The number of Topliss-reactive ketones (excluding diaryl/α,β-unsaturated/α-hetero) is 1. The van der Waals surface area contributed by atoms with Gasteiger partial charge in [0.2, 0.25) is 0 Å². The molecule has 0 saturated heterocycles. The lowest BCUT2D eigenvalue weighted by atomic mass is 9.48. The third kappa shape index (κ3) is 2.36. The summed E-state index contributed by atoms with van der Waals surface area (Å²) in [6.45, 7) is 0. The number of carbonyl (C=O) groups is 1. The van der Waals surface area contributed by atoms with Crippen molar-refractivity contribution in [2.75, 3.05) is 0 Å². The summed E-state index contributed by atoms with van der Waals surface area (Å²) in [5.41, 5.74) is 7.69. The summed E-state index contributed by atoms with van der Waals surface area (Å²) < 4.78 is 0. The number of rotatable bonds is 3. The van der Waals surface area contributed by atoms with E-state index in [1.807, 2.05) is 30.3 Å². The first-order valence-corrected chi connectivity index (χ1v) is 10.6. The maximum Gasteiger partial charge on any atom is 0.153 e. The van der Waals surface area contributed by atoms with E-state index in [-0.39, 0.29) is 16.6 Å². The lowest BCUT2D eigenvalue weighted by molar-refractivity contribution is -0.143. The van der Waals surface area contributed by atoms with Crippen molar-refractivity contribution < 1.29 is 4.79 Å². The van der Waals surface area contributed by atoms with Gasteiger partial charge in [-0.1, -0.05) is 42.1 Å². The van der Waals surface area contributed by atoms with Crippen LogP contribution in [0.4, 0.5) is 0 Å². The fraction of sp³-hybridized carbons (Fsp3) is 0.545. The van der Waals surface area contributed by atoms with Crippen LogP contribution >= 0.6 is 11.8 Å². The van der Waals surface area contributed by atoms with Crippen molar-refractivity contribution >= 4 is 17.5 Å². The minimum Gasteiger partial charge on any atom is -0.393 e. The van der Waals surface area contributed by atoms with E-state index in [1.165, 1.54) is 31.0 Å². The van der Waals surface area contributed by atoms with E-state index in [2.05, 4.69) is 6.07 Å². The minimum atomic E-state index is -0.233. The first-order chi connectivity index (χ1) is 12.6. The molecule has 26 heavy (non-hydrogen) atoms. The molecule has 4 bridgehead atoms. The lowest BCUT2D eigenvalue weighted by Gasteiger charge is -2.56. The van der Waals surface area contributed by atoms with Crippen LogP contribution in [0.15, 0.2) is 40.9 Å². The molecule has 5 aliphatic rings. The number of ketones is 1. The first-order valence-electron chi connectivity index (χ1n) is 9.75. The molecule has 6 rings (SSSR count). The highest BCUT2D eigenvalue weighted by Gasteiger charge is 2.57. The summed E-state index contributed by atoms with van der Waals surface area (Å²) in [6, 6.07) is 12.3. The zero-order valence-electron chi connectivity index (χ0n) is 14.9. The predicted molar refractivity (Wildman–Crippen MR) is 103 cm³/mol. The molecule has 4 heteroatoms. The van der Waals surface area contributed by atoms with Crippen LogP contribution in [0.1, 0.15) is 50.0 Å². The zero-order chi connectivity index (χ0) is 17.9. The van der Waals surface area contributed by atoms with E-state index in [9.17, 15) is 10.1 Å². The Morgan fingerprint density at radius 3 is 2.19 bits per heavy atom. The normalized spacial score (nSPS) is 40.7. The Kier molecular flexibility index (Phi) is 3.72. The van der Waals surface area contributed by atoms with Gasteiger partial charge in [-0.2, -0.15) is 5.26 Å². The van der Waals surface area contributed by atoms with Gasteiger partial charge >= 0.3 is 0 Å². The lowest BCUT2D eigenvalue weighted by Crippen LogP contribution is -2.52. The molecule has 1 heterocycles. The van der Waals surface area contributed by atoms with Gasteiger partial charge in [0.15, 0.2) is 5.78 Å². The minimum absolute atomic E-state index is 0.148. The highest BCUT2D eigenvalue weighted by Crippen LogP contribution is 2.62. The maximum atomic E-state index is 13.9. The quantitative estimate of drug-likeness (QED) is 0.865. The number of nitrogens with two attached hydrogens (primary N) is 1. The van der Waals surface area contributed by atoms with Gasteiger partial charge < -0.3 is 5.73 Å². The number of benzene rings is 1. The van der Waals surface area contributed by atoms with Gasteiger partial charge in [0, 0.05) is 11.3 Å². The van der Waals surface area contributed by atoms with Crippen LogP contribution in [0.5, 0.6) is 0 Å². The monoisotopic (exact) mass is 364 g/mol. The summed E-state index contributed by atoms with van der Waals surface area (Å²) in [5, 5.41) is 10.0. The summed E-state index contributed by atoms with van der Waals surface area (Å²) >= 11 is 1.44. The number of nitriles is 1. The van der Waals surface area contributed by atoms with E-state index in [4.69, 9.17) is 5.73 Å². The van der Waals surface area contributed by atoms with Crippen molar-refractivity contribution in [3.8, 4) is 6.07 Å². The topological polar surface area (TPSA) is 66.9 Å². The van der Waals surface area contributed by atoms with Crippen molar-refractivity contribution in [3.63, 3.8) is 0 Å². The van der Waals surface area contributed by atoms with Crippen LogP contribution in [0.2, 0.25) is 0 Å². The predicted octanol–water partition coefficient (Wildman–Crippen LogP) is 4.36. The molecule has 0 spiro atoms. The third-order valence-electron chi connectivity index (χ3n) is 7.23. The van der Waals surface area contributed by atoms with E-state index >= 15 is 0 Å². The number of nitrogens with zero attached hydrogens (tertiary/aromatic N) is 1. The molecule has 2 atom stereocenters. The number of hydrogen-bond acceptors (Lipinski definition) is 4. The Labute approximate surface area is 159 Å². The molecule has 0 unspecified atom stereocenters. The summed E-state index contributed by atoms with van der Waals surface area (Å²) in [7, 11) is 0. The summed E-state index contributed by atoms with van der Waals surface area (Å²) in [6.07, 6.45) is 7.19. The number of hydrogen-bond donors (Lipinski definition) is 1. The van der Waals surface area contributed by atoms with Crippen molar-refractivity contribution in [1.82, 2.24) is 0 Å². The smallest absolute Gasteiger partial charge is 0.153 e. The zero-order valence-corrected chi connectivity index (χ0v) is 15.7. The molecule has 1 aromatic carbocycles. The second kappa shape index (κ2) is 5.89. The van der Waals surface area contributed by atoms with Gasteiger partial charge in [-0.3, -0.25) is 4.79 Å². The molecular weight excluding hydrogens is 340 g/mol. The van der Waals surface area contributed by atoms with Crippen molar-refractivity contribution in [3.05, 3.63) is 46.5 Å². The fourth-order valence-corrected chi connectivity index (χ4v) is 7.98. The third-order valence-corrected chi connectivity index (χ3v) is 8.45. The summed E-state index contributed by atoms with van der Waals surface area (Å²) in [4.78, 5) is 13.9. The fourth-order valence-electron chi connectivity index (χ4n) is 6.62. The van der Waals surface area contributed by atoms with Gasteiger partial charge in [-0.15, -0.1) is 0 Å². The van der Waals surface area contributed by atoms with Crippen molar-refractivity contribution in [1.29, 1.82) is 5.26 Å². The standard InChI is InChI=1S/C22H24N2OS/c23-12-17-18(16-4-2-1-3-5-16)19(26-21(17)24)20(25)22-9-13-6-14(10-22)8-15(7-13)11-22/h1-5,13-15,18-19H,6-11,24H2/t13?,14?,15?,18-,19-,22?/m1/s1. The number of thioether (sulfide) groups is 1. The number of allylic oxidation sites excluding steroid dienone is 1. The SMILES string of the molecule is N#CC1=C(N)S[C@@H](C(=O)C23CC4CC(CC(C4)C2)C3)[C@@H]1c1ccccc1. The molecule has 1 aromatic rings. The molecular formula is C22H24N2OS. The summed E-state index contributed by atoms with van der Waals surface area (Å²) in [5.74, 6) is 2.42. The maximum absolute atomic E-state index is 13.9.